The standard InChI is InChI=1S/C18H33N5O4S2/c1-7-19-18(20-11-10-12-23(8-2)29(6,25)26)22-14(5)16-21-13(4)15(28-16)17(24)27-9-3/h14H,7-12H2,1-6H3,(H2,19,20,22). The molecule has 2 N–H and O–H groups in total. The molecule has 1 heterocycles. The number of nitrogens with one attached hydrogen (secondary N) is 2. The van der Waals surface area contributed by atoms with Gasteiger partial charge in [0.05, 0.1) is 24.6 Å². The highest BCUT2D eigenvalue weighted by Crippen LogP contribution is 2.24. The molecule has 1 rings (SSSR count). The molecule has 0 amide bonds. The summed E-state index contributed by atoms with van der Waals surface area (Å²) >= 11 is 1.31. The Balaban J connectivity index is 2.74. The third-order valence-corrected chi connectivity index (χ3v) is 6.70. The summed E-state index contributed by atoms with van der Waals surface area (Å²) in [6, 6.07) is -0.150. The Kier molecular flexibility index (Phi) is 10.5. The van der Waals surface area contributed by atoms with E-state index in [2.05, 4.69) is 20.6 Å². The van der Waals surface area contributed by atoms with E-state index in [1.807, 2.05) is 20.8 Å². The van der Waals surface area contributed by atoms with Gasteiger partial charge in [0.1, 0.15) is 9.88 Å². The minimum absolute atomic E-state index is 0.150. The number of rotatable bonds is 11. The molecule has 0 aliphatic carbocycles. The first-order valence-electron chi connectivity index (χ1n) is 9.78. The zero-order valence-electron chi connectivity index (χ0n) is 18.1. The number of hydrogen-bond acceptors (Lipinski definition) is 7. The second-order valence-corrected chi connectivity index (χ2v) is 9.44. The summed E-state index contributed by atoms with van der Waals surface area (Å²) in [7, 11) is -3.19. The molecule has 0 saturated heterocycles. The molecule has 1 atom stereocenters. The fraction of sp³-hybridized carbons (Fsp3) is 0.722. The van der Waals surface area contributed by atoms with Gasteiger partial charge in [-0.05, 0) is 34.1 Å². The number of thiazole rings is 1. The molecule has 0 aromatic carbocycles. The van der Waals surface area contributed by atoms with E-state index >= 15 is 0 Å². The highest BCUT2D eigenvalue weighted by molar-refractivity contribution is 7.88. The van der Waals surface area contributed by atoms with Gasteiger partial charge in [0.15, 0.2) is 5.96 Å². The second-order valence-electron chi connectivity index (χ2n) is 6.42. The molecule has 29 heavy (non-hydrogen) atoms. The fourth-order valence-electron chi connectivity index (χ4n) is 2.57. The van der Waals surface area contributed by atoms with Gasteiger partial charge in [-0.15, -0.1) is 11.3 Å². The van der Waals surface area contributed by atoms with Crippen molar-refractivity contribution in [1.82, 2.24) is 19.9 Å². The molecule has 0 saturated carbocycles. The summed E-state index contributed by atoms with van der Waals surface area (Å²) in [5.74, 6) is 0.265. The number of aliphatic imine (C=N–C) groups is 1. The Morgan fingerprint density at radius 1 is 1.34 bits per heavy atom. The van der Waals surface area contributed by atoms with Gasteiger partial charge in [-0.1, -0.05) is 6.92 Å². The van der Waals surface area contributed by atoms with Crippen LogP contribution in [0.25, 0.3) is 0 Å². The van der Waals surface area contributed by atoms with Crippen LogP contribution in [0.4, 0.5) is 0 Å². The lowest BCUT2D eigenvalue weighted by molar-refractivity contribution is 0.0531. The van der Waals surface area contributed by atoms with Gasteiger partial charge in [-0.2, -0.15) is 0 Å². The van der Waals surface area contributed by atoms with Gasteiger partial charge < -0.3 is 15.4 Å². The van der Waals surface area contributed by atoms with Gasteiger partial charge in [-0.3, -0.25) is 4.99 Å². The van der Waals surface area contributed by atoms with Crippen molar-refractivity contribution in [2.45, 2.75) is 47.1 Å². The predicted molar refractivity (Wildman–Crippen MR) is 117 cm³/mol. The van der Waals surface area contributed by atoms with Crippen LogP contribution in [0.3, 0.4) is 0 Å². The van der Waals surface area contributed by atoms with E-state index in [4.69, 9.17) is 4.74 Å². The van der Waals surface area contributed by atoms with Crippen molar-refractivity contribution in [3.63, 3.8) is 0 Å². The number of esters is 1. The third-order valence-electron chi connectivity index (χ3n) is 4.00. The number of hydrogen-bond donors (Lipinski definition) is 2. The SMILES string of the molecule is CCNC(=NCCCN(CC)S(C)(=O)=O)NC(C)c1nc(C)c(C(=O)OCC)s1. The number of sulfonamides is 1. The van der Waals surface area contributed by atoms with Crippen LogP contribution in [0.1, 0.15) is 60.5 Å². The Hall–Kier alpha value is -1.72. The average molecular weight is 448 g/mol. The summed E-state index contributed by atoms with van der Waals surface area (Å²) in [5, 5.41) is 7.22. The highest BCUT2D eigenvalue weighted by atomic mass is 32.2. The number of carbonyl (C=O) groups is 1. The van der Waals surface area contributed by atoms with Gasteiger partial charge in [0, 0.05) is 26.2 Å². The highest BCUT2D eigenvalue weighted by Gasteiger charge is 2.20. The van der Waals surface area contributed by atoms with E-state index < -0.39 is 10.0 Å². The largest absolute Gasteiger partial charge is 0.462 e. The molecule has 0 bridgehead atoms. The van der Waals surface area contributed by atoms with Crippen LogP contribution in [0, 0.1) is 6.92 Å². The Morgan fingerprint density at radius 2 is 2.03 bits per heavy atom. The van der Waals surface area contributed by atoms with Crippen LogP contribution in [0.2, 0.25) is 0 Å². The van der Waals surface area contributed by atoms with E-state index in [0.29, 0.717) is 55.7 Å². The first-order valence-corrected chi connectivity index (χ1v) is 12.4. The topological polar surface area (TPSA) is 113 Å². The third kappa shape index (κ3) is 8.27. The maximum Gasteiger partial charge on any atom is 0.350 e. The summed E-state index contributed by atoms with van der Waals surface area (Å²) < 4.78 is 29.8. The zero-order valence-corrected chi connectivity index (χ0v) is 19.7. The molecule has 0 aliphatic heterocycles. The zero-order chi connectivity index (χ0) is 22.0. The van der Waals surface area contributed by atoms with Gasteiger partial charge in [0.25, 0.3) is 0 Å². The molecule has 1 aromatic heterocycles. The van der Waals surface area contributed by atoms with Crippen LogP contribution < -0.4 is 10.6 Å². The number of guanidine groups is 1. The summed E-state index contributed by atoms with van der Waals surface area (Å²) in [6.07, 6.45) is 1.84. The van der Waals surface area contributed by atoms with Crippen LogP contribution >= 0.6 is 11.3 Å². The van der Waals surface area contributed by atoms with E-state index in [1.54, 1.807) is 13.8 Å². The number of aryl methyl sites for hydroxylation is 1. The van der Waals surface area contributed by atoms with E-state index in [1.165, 1.54) is 21.9 Å². The van der Waals surface area contributed by atoms with Crippen molar-refractivity contribution >= 4 is 33.3 Å². The van der Waals surface area contributed by atoms with Gasteiger partial charge in [-0.25, -0.2) is 22.5 Å². The van der Waals surface area contributed by atoms with Crippen LogP contribution in [-0.4, -0.2) is 68.7 Å². The normalized spacial score (nSPS) is 13.4. The van der Waals surface area contributed by atoms with Crippen LogP contribution in [0.15, 0.2) is 4.99 Å². The van der Waals surface area contributed by atoms with Crippen molar-refractivity contribution < 1.29 is 17.9 Å². The molecule has 0 aliphatic rings. The monoisotopic (exact) mass is 447 g/mol. The van der Waals surface area contributed by atoms with Crippen molar-refractivity contribution in [3.05, 3.63) is 15.6 Å². The molecule has 11 heteroatoms. The molecule has 1 aromatic rings. The van der Waals surface area contributed by atoms with E-state index in [-0.39, 0.29) is 12.0 Å². The number of ether oxygens (including phenoxy) is 1. The Labute approximate surface area is 178 Å². The van der Waals surface area contributed by atoms with Crippen molar-refractivity contribution in [2.75, 3.05) is 39.0 Å². The maximum atomic E-state index is 12.0. The minimum atomic E-state index is -3.19. The first-order chi connectivity index (χ1) is 13.6. The number of nitrogens with zero attached hydrogens (tertiary/aromatic N) is 3. The lowest BCUT2D eigenvalue weighted by atomic mass is 10.3. The Bertz CT molecular complexity index is 792. The first kappa shape index (κ1) is 25.3. The average Bonchev–Trinajstić information content (AvgIpc) is 3.03. The lowest BCUT2D eigenvalue weighted by Crippen LogP contribution is -2.39. The number of aromatic nitrogens is 1. The molecule has 0 spiro atoms. The van der Waals surface area contributed by atoms with Crippen molar-refractivity contribution in [2.24, 2.45) is 4.99 Å². The molecule has 1 unspecified atom stereocenters. The lowest BCUT2D eigenvalue weighted by Gasteiger charge is -2.18. The smallest absolute Gasteiger partial charge is 0.350 e. The van der Waals surface area contributed by atoms with E-state index in [0.717, 1.165) is 5.01 Å². The summed E-state index contributed by atoms with van der Waals surface area (Å²) in [5.41, 5.74) is 0.652. The molecule has 9 nitrogen and oxygen atoms in total. The molecule has 0 radical (unpaired) electrons. The molecular formula is C18H33N5O4S2. The fourth-order valence-corrected chi connectivity index (χ4v) is 4.46. The van der Waals surface area contributed by atoms with Gasteiger partial charge >= 0.3 is 5.97 Å². The quantitative estimate of drug-likeness (QED) is 0.231. The predicted octanol–water partition coefficient (Wildman–Crippen LogP) is 1.92. The Morgan fingerprint density at radius 3 is 2.59 bits per heavy atom. The molecule has 0 fully saturated rings. The maximum absolute atomic E-state index is 12.0. The summed E-state index contributed by atoms with van der Waals surface area (Å²) in [4.78, 5) is 21.5. The second kappa shape index (κ2) is 12.1. The van der Waals surface area contributed by atoms with Crippen LogP contribution in [-0.2, 0) is 14.8 Å². The van der Waals surface area contributed by atoms with Crippen molar-refractivity contribution in [3.8, 4) is 0 Å². The molecular weight excluding hydrogens is 414 g/mol. The van der Waals surface area contributed by atoms with Crippen LogP contribution in [0.5, 0.6) is 0 Å². The van der Waals surface area contributed by atoms with E-state index in [9.17, 15) is 13.2 Å². The molecule has 166 valence electrons. The number of carbonyl (C=O) groups excluding carboxylic acids is 1. The minimum Gasteiger partial charge on any atom is -0.462 e. The van der Waals surface area contributed by atoms with Crippen molar-refractivity contribution in [1.29, 1.82) is 0 Å². The van der Waals surface area contributed by atoms with Gasteiger partial charge in [0.2, 0.25) is 10.0 Å². The summed E-state index contributed by atoms with van der Waals surface area (Å²) in [6.45, 7) is 11.7.